The lowest BCUT2D eigenvalue weighted by Crippen LogP contribution is -2.42. The van der Waals surface area contributed by atoms with Crippen LogP contribution in [0.15, 0.2) is 0 Å². The highest BCUT2D eigenvalue weighted by Gasteiger charge is 2.57. The van der Waals surface area contributed by atoms with Gasteiger partial charge in [0.2, 0.25) is 5.92 Å². The van der Waals surface area contributed by atoms with Crippen molar-refractivity contribution in [1.82, 2.24) is 9.80 Å². The molecule has 2 aliphatic carbocycles. The Kier molecular flexibility index (Phi) is 2.42. The lowest BCUT2D eigenvalue weighted by Gasteiger charge is -2.31. The number of carbonyl (C=O) groups excluding carboxylic acids is 1. The number of nitrogens with zero attached hydrogens (tertiary/aromatic N) is 2. The number of fused-ring (bicyclic) bond motifs is 1. The molecule has 0 radical (unpaired) electrons. The van der Waals surface area contributed by atoms with E-state index in [2.05, 4.69) is 0 Å². The van der Waals surface area contributed by atoms with E-state index in [1.54, 1.807) is 16.8 Å². The standard InChI is InChI=1S/C13H20F2N2O/c1-16-8-12(17(2)11(16)18)5-9-3-4-13(14,15)7-10(9)6-12/h9-10H,3-8H2,1-2H3/t9-,10+,12?/m0/s1. The topological polar surface area (TPSA) is 23.6 Å². The van der Waals surface area contributed by atoms with Gasteiger partial charge in [-0.05, 0) is 31.1 Å². The second-order valence-corrected chi connectivity index (χ2v) is 6.45. The van der Waals surface area contributed by atoms with Gasteiger partial charge < -0.3 is 9.80 Å². The largest absolute Gasteiger partial charge is 0.325 e. The van der Waals surface area contributed by atoms with Gasteiger partial charge >= 0.3 is 6.03 Å². The summed E-state index contributed by atoms with van der Waals surface area (Å²) < 4.78 is 27.0. The summed E-state index contributed by atoms with van der Waals surface area (Å²) in [4.78, 5) is 15.4. The van der Waals surface area contributed by atoms with Crippen molar-refractivity contribution in [3.63, 3.8) is 0 Å². The molecule has 0 N–H and O–H groups in total. The molecule has 3 atom stereocenters. The van der Waals surface area contributed by atoms with Crippen LogP contribution in [0.5, 0.6) is 0 Å². The molecule has 1 heterocycles. The first kappa shape index (κ1) is 12.2. The molecule has 2 amide bonds. The van der Waals surface area contributed by atoms with Crippen molar-refractivity contribution in [2.45, 2.75) is 43.6 Å². The number of rotatable bonds is 0. The van der Waals surface area contributed by atoms with Crippen molar-refractivity contribution >= 4 is 6.03 Å². The number of urea groups is 1. The smallest absolute Gasteiger partial charge is 0.320 e. The van der Waals surface area contributed by atoms with Gasteiger partial charge in [0.15, 0.2) is 0 Å². The number of hydrogen-bond donors (Lipinski definition) is 0. The Morgan fingerprint density at radius 1 is 1.17 bits per heavy atom. The van der Waals surface area contributed by atoms with Crippen LogP contribution in [-0.4, -0.2) is 47.9 Å². The Labute approximate surface area is 106 Å². The molecule has 0 aromatic rings. The van der Waals surface area contributed by atoms with Crippen LogP contribution < -0.4 is 0 Å². The van der Waals surface area contributed by atoms with E-state index in [-0.39, 0.29) is 30.3 Å². The first-order valence-electron chi connectivity index (χ1n) is 6.70. The normalized spacial score (nSPS) is 42.8. The minimum Gasteiger partial charge on any atom is -0.325 e. The van der Waals surface area contributed by atoms with Crippen LogP contribution in [0, 0.1) is 11.8 Å². The van der Waals surface area contributed by atoms with Crippen LogP contribution in [0.3, 0.4) is 0 Å². The van der Waals surface area contributed by atoms with Gasteiger partial charge in [0.05, 0.1) is 5.54 Å². The summed E-state index contributed by atoms with van der Waals surface area (Å²) in [6, 6.07) is 0.0282. The molecule has 1 saturated heterocycles. The molecule has 3 nitrogen and oxygen atoms in total. The van der Waals surface area contributed by atoms with E-state index in [0.717, 1.165) is 12.8 Å². The summed E-state index contributed by atoms with van der Waals surface area (Å²) in [5, 5.41) is 0. The third kappa shape index (κ3) is 1.62. The maximum Gasteiger partial charge on any atom is 0.320 e. The van der Waals surface area contributed by atoms with Gasteiger partial charge in [-0.1, -0.05) is 0 Å². The predicted octanol–water partition coefficient (Wildman–Crippen LogP) is 2.57. The molecular weight excluding hydrogens is 238 g/mol. The molecular formula is C13H20F2N2O. The van der Waals surface area contributed by atoms with Gasteiger partial charge in [-0.2, -0.15) is 0 Å². The summed E-state index contributed by atoms with van der Waals surface area (Å²) in [6.07, 6.45) is 2.31. The van der Waals surface area contributed by atoms with Gasteiger partial charge in [0.1, 0.15) is 0 Å². The Hall–Kier alpha value is -0.870. The molecule has 1 spiro atoms. The van der Waals surface area contributed by atoms with Crippen molar-refractivity contribution in [1.29, 1.82) is 0 Å². The maximum absolute atomic E-state index is 13.5. The van der Waals surface area contributed by atoms with E-state index in [4.69, 9.17) is 0 Å². The zero-order valence-corrected chi connectivity index (χ0v) is 11.0. The third-order valence-electron chi connectivity index (χ3n) is 5.25. The molecule has 1 unspecified atom stereocenters. The summed E-state index contributed by atoms with van der Waals surface area (Å²) >= 11 is 0. The van der Waals surface area contributed by atoms with Crippen LogP contribution in [0.1, 0.15) is 32.1 Å². The average Bonchev–Trinajstić information content (AvgIpc) is 2.72. The fraction of sp³-hybridized carbons (Fsp3) is 0.923. The van der Waals surface area contributed by atoms with Crippen LogP contribution in [0.25, 0.3) is 0 Å². The fourth-order valence-electron chi connectivity index (χ4n) is 4.33. The van der Waals surface area contributed by atoms with Gasteiger partial charge in [-0.3, -0.25) is 0 Å². The summed E-state index contributed by atoms with van der Waals surface area (Å²) in [5.74, 6) is -2.01. The third-order valence-corrected chi connectivity index (χ3v) is 5.25. The number of alkyl halides is 2. The molecule has 1 aliphatic heterocycles. The number of amides is 2. The SMILES string of the molecule is CN1CC2(C[C@@H]3CCC(F)(F)C[C@H]3C2)N(C)C1=O. The highest BCUT2D eigenvalue weighted by Crippen LogP contribution is 2.54. The average molecular weight is 258 g/mol. The second-order valence-electron chi connectivity index (χ2n) is 6.45. The van der Waals surface area contributed by atoms with Crippen LogP contribution in [0.4, 0.5) is 13.6 Å². The van der Waals surface area contributed by atoms with Crippen LogP contribution in [0.2, 0.25) is 0 Å². The number of carbonyl (C=O) groups is 1. The summed E-state index contributed by atoms with van der Waals surface area (Å²) in [6.45, 7) is 0.695. The molecule has 5 heteroatoms. The monoisotopic (exact) mass is 258 g/mol. The lowest BCUT2D eigenvalue weighted by atomic mass is 9.80. The van der Waals surface area contributed by atoms with Gasteiger partial charge in [0, 0.05) is 33.5 Å². The van der Waals surface area contributed by atoms with Crippen molar-refractivity contribution in [3.8, 4) is 0 Å². The fourth-order valence-corrected chi connectivity index (χ4v) is 4.33. The van der Waals surface area contributed by atoms with Gasteiger partial charge in [-0.15, -0.1) is 0 Å². The Balaban J connectivity index is 1.81. The Bertz CT molecular complexity index is 387. The van der Waals surface area contributed by atoms with Crippen molar-refractivity contribution < 1.29 is 13.6 Å². The number of hydrogen-bond acceptors (Lipinski definition) is 1. The van der Waals surface area contributed by atoms with E-state index in [1.165, 1.54) is 0 Å². The highest BCUT2D eigenvalue weighted by atomic mass is 19.3. The zero-order chi connectivity index (χ0) is 13.1. The molecule has 0 aromatic heterocycles. The van der Waals surface area contributed by atoms with Gasteiger partial charge in [0.25, 0.3) is 0 Å². The minimum absolute atomic E-state index is 0.0190. The summed E-state index contributed by atoms with van der Waals surface area (Å²) in [5.41, 5.74) is -0.179. The lowest BCUT2D eigenvalue weighted by molar-refractivity contribution is -0.0635. The highest BCUT2D eigenvalue weighted by molar-refractivity contribution is 5.77. The van der Waals surface area contributed by atoms with Crippen molar-refractivity contribution in [2.75, 3.05) is 20.6 Å². The number of halogens is 2. The van der Waals surface area contributed by atoms with Crippen molar-refractivity contribution in [2.24, 2.45) is 11.8 Å². The van der Waals surface area contributed by atoms with Crippen molar-refractivity contribution in [3.05, 3.63) is 0 Å². The molecule has 3 fully saturated rings. The molecule has 3 rings (SSSR count). The molecule has 0 bridgehead atoms. The van der Waals surface area contributed by atoms with Crippen LogP contribution >= 0.6 is 0 Å². The van der Waals surface area contributed by atoms with E-state index >= 15 is 0 Å². The van der Waals surface area contributed by atoms with E-state index < -0.39 is 5.92 Å². The zero-order valence-electron chi connectivity index (χ0n) is 11.0. The maximum atomic E-state index is 13.5. The van der Waals surface area contributed by atoms with E-state index in [0.29, 0.717) is 18.9 Å². The van der Waals surface area contributed by atoms with E-state index in [9.17, 15) is 13.6 Å². The molecule has 18 heavy (non-hydrogen) atoms. The first-order valence-corrected chi connectivity index (χ1v) is 6.70. The quantitative estimate of drug-likeness (QED) is 0.655. The Morgan fingerprint density at radius 2 is 1.83 bits per heavy atom. The Morgan fingerprint density at radius 3 is 2.44 bits per heavy atom. The van der Waals surface area contributed by atoms with Crippen LogP contribution in [-0.2, 0) is 0 Å². The molecule has 2 saturated carbocycles. The first-order chi connectivity index (χ1) is 8.33. The second kappa shape index (κ2) is 3.58. The van der Waals surface area contributed by atoms with E-state index in [1.807, 2.05) is 7.05 Å². The molecule has 3 aliphatic rings. The minimum atomic E-state index is -2.49. The molecule has 0 aromatic carbocycles. The molecule has 102 valence electrons. The predicted molar refractivity (Wildman–Crippen MR) is 63.5 cm³/mol. The summed E-state index contributed by atoms with van der Waals surface area (Å²) in [7, 11) is 3.62. The number of likely N-dealkylation sites (N-methyl/N-ethyl adjacent to an activating group) is 2. The van der Waals surface area contributed by atoms with Gasteiger partial charge in [-0.25, -0.2) is 13.6 Å².